The first-order valence-corrected chi connectivity index (χ1v) is 10.6. The van der Waals surface area contributed by atoms with Crippen LogP contribution in [-0.2, 0) is 32.6 Å². The van der Waals surface area contributed by atoms with Crippen LogP contribution in [0.15, 0.2) is 72.1 Å². The number of carboxylic acid groups (broad SMARTS) is 1. The number of carbonyl (C=O) groups is 2. The van der Waals surface area contributed by atoms with E-state index in [1.165, 1.54) is 29.2 Å². The first-order valence-electron chi connectivity index (χ1n) is 9.08. The van der Waals surface area contributed by atoms with Gasteiger partial charge < -0.3 is 15.0 Å². The monoisotopic (exact) mass is 446 g/mol. The summed E-state index contributed by atoms with van der Waals surface area (Å²) in [4.78, 5) is 27.3. The number of aliphatic carboxylic acids is 1. The number of halogens is 1. The molecule has 0 aliphatic rings. The predicted molar refractivity (Wildman–Crippen MR) is 109 cm³/mol. The number of hydrogen-bond donors (Lipinski definition) is 3. The number of carboxylic acids is 1. The lowest BCUT2D eigenvalue weighted by molar-refractivity contribution is -0.136. The van der Waals surface area contributed by atoms with E-state index in [9.17, 15) is 22.4 Å². The Balaban J connectivity index is 1.78. The van der Waals surface area contributed by atoms with Gasteiger partial charge in [0.2, 0.25) is 15.9 Å². The number of carbonyl (C=O) groups excluding carboxylic acids is 1. The lowest BCUT2D eigenvalue weighted by Crippen LogP contribution is -2.46. The molecule has 0 fully saturated rings. The van der Waals surface area contributed by atoms with Gasteiger partial charge >= 0.3 is 5.97 Å². The van der Waals surface area contributed by atoms with E-state index in [4.69, 9.17) is 5.11 Å². The quantitative estimate of drug-likeness (QED) is 0.458. The van der Waals surface area contributed by atoms with Gasteiger partial charge in [0.05, 0.1) is 17.6 Å². The Bertz CT molecular complexity index is 1150. The molecule has 162 valence electrons. The fraction of sp³-hybridized carbons (Fsp3) is 0.150. The number of nitrogens with one attached hydrogen (secondary N) is 2. The molecule has 0 radical (unpaired) electrons. The molecule has 11 heteroatoms. The Labute approximate surface area is 177 Å². The third kappa shape index (κ3) is 6.20. The maximum atomic E-state index is 13.1. The standard InChI is InChI=1S/C20H19FN4O5S/c21-15-3-7-17(8-4-15)31(29,30)24-18(12-25-10-9-22-13-25)20(28)23-16-5-1-14(2-6-16)11-19(26)27/h1-10,13,18,24H,11-12H2,(H,23,28)(H,26,27)/t18-/m0/s1. The zero-order chi connectivity index (χ0) is 22.4. The number of hydrogen-bond acceptors (Lipinski definition) is 5. The number of aromatic nitrogens is 2. The highest BCUT2D eigenvalue weighted by Crippen LogP contribution is 2.14. The number of amides is 1. The van der Waals surface area contributed by atoms with E-state index < -0.39 is 33.8 Å². The van der Waals surface area contributed by atoms with E-state index in [2.05, 4.69) is 15.0 Å². The third-order valence-corrected chi connectivity index (χ3v) is 5.75. The average Bonchev–Trinajstić information content (AvgIpc) is 3.22. The summed E-state index contributed by atoms with van der Waals surface area (Å²) in [5.41, 5.74) is 0.924. The zero-order valence-electron chi connectivity index (χ0n) is 16.1. The van der Waals surface area contributed by atoms with Crippen molar-refractivity contribution in [2.75, 3.05) is 5.32 Å². The van der Waals surface area contributed by atoms with Crippen LogP contribution in [0.25, 0.3) is 0 Å². The maximum absolute atomic E-state index is 13.1. The Hall–Kier alpha value is -3.57. The molecular weight excluding hydrogens is 427 g/mol. The molecule has 0 aliphatic carbocycles. The van der Waals surface area contributed by atoms with E-state index in [1.807, 2.05) is 0 Å². The molecule has 9 nitrogen and oxygen atoms in total. The number of sulfonamides is 1. The topological polar surface area (TPSA) is 130 Å². The Kier molecular flexibility index (Phi) is 6.78. The van der Waals surface area contributed by atoms with Crippen LogP contribution in [0.4, 0.5) is 10.1 Å². The summed E-state index contributed by atoms with van der Waals surface area (Å²) in [6.45, 7) is -0.0383. The number of rotatable bonds is 9. The molecule has 0 spiro atoms. The SMILES string of the molecule is O=C(O)Cc1ccc(NC(=O)[C@H](Cn2ccnc2)NS(=O)(=O)c2ccc(F)cc2)cc1. The second-order valence-corrected chi connectivity index (χ2v) is 8.36. The highest BCUT2D eigenvalue weighted by molar-refractivity contribution is 7.89. The molecule has 2 aromatic carbocycles. The van der Waals surface area contributed by atoms with Gasteiger partial charge in [-0.25, -0.2) is 17.8 Å². The second kappa shape index (κ2) is 9.49. The molecule has 0 saturated heterocycles. The van der Waals surface area contributed by atoms with Crippen LogP contribution >= 0.6 is 0 Å². The van der Waals surface area contributed by atoms with Gasteiger partial charge in [-0.3, -0.25) is 9.59 Å². The number of anilines is 1. The van der Waals surface area contributed by atoms with E-state index in [0.29, 0.717) is 11.3 Å². The van der Waals surface area contributed by atoms with Crippen LogP contribution in [0.3, 0.4) is 0 Å². The van der Waals surface area contributed by atoms with E-state index >= 15 is 0 Å². The zero-order valence-corrected chi connectivity index (χ0v) is 16.9. The van der Waals surface area contributed by atoms with Crippen molar-refractivity contribution in [1.29, 1.82) is 0 Å². The van der Waals surface area contributed by atoms with Gasteiger partial charge in [0.25, 0.3) is 0 Å². The normalized spacial score (nSPS) is 12.3. The minimum atomic E-state index is -4.11. The van der Waals surface area contributed by atoms with Gasteiger partial charge in [-0.15, -0.1) is 0 Å². The summed E-state index contributed by atoms with van der Waals surface area (Å²) < 4.78 is 42.4. The maximum Gasteiger partial charge on any atom is 0.307 e. The number of imidazole rings is 1. The number of benzene rings is 2. The van der Waals surface area contributed by atoms with E-state index in [-0.39, 0.29) is 17.9 Å². The minimum Gasteiger partial charge on any atom is -0.481 e. The smallest absolute Gasteiger partial charge is 0.307 e. The molecular formula is C20H19FN4O5S. The molecule has 3 N–H and O–H groups in total. The van der Waals surface area contributed by atoms with Crippen LogP contribution in [0.1, 0.15) is 5.56 Å². The molecule has 3 aromatic rings. The highest BCUT2D eigenvalue weighted by Gasteiger charge is 2.26. The number of nitrogens with zero attached hydrogens (tertiary/aromatic N) is 2. The lowest BCUT2D eigenvalue weighted by Gasteiger charge is -2.19. The van der Waals surface area contributed by atoms with Crippen molar-refractivity contribution in [1.82, 2.24) is 14.3 Å². The Morgan fingerprint density at radius 2 is 1.77 bits per heavy atom. The van der Waals surface area contributed by atoms with Crippen molar-refractivity contribution in [2.45, 2.75) is 23.9 Å². The predicted octanol–water partition coefficient (Wildman–Crippen LogP) is 1.64. The molecule has 1 amide bonds. The van der Waals surface area contributed by atoms with Gasteiger partial charge in [-0.1, -0.05) is 12.1 Å². The molecule has 1 atom stereocenters. The first-order chi connectivity index (χ1) is 14.7. The molecule has 1 aromatic heterocycles. The van der Waals surface area contributed by atoms with Crippen LogP contribution in [-0.4, -0.2) is 41.0 Å². The van der Waals surface area contributed by atoms with E-state index in [1.54, 1.807) is 18.3 Å². The van der Waals surface area contributed by atoms with Crippen LogP contribution < -0.4 is 10.0 Å². The van der Waals surface area contributed by atoms with E-state index in [0.717, 1.165) is 24.3 Å². The third-order valence-electron chi connectivity index (χ3n) is 4.27. The second-order valence-electron chi connectivity index (χ2n) is 6.64. The molecule has 1 heterocycles. The van der Waals surface area contributed by atoms with Gasteiger partial charge in [0.1, 0.15) is 11.9 Å². The summed E-state index contributed by atoms with van der Waals surface area (Å²) in [6.07, 6.45) is 4.35. The van der Waals surface area contributed by atoms with Gasteiger partial charge in [-0.2, -0.15) is 4.72 Å². The van der Waals surface area contributed by atoms with Gasteiger partial charge in [0.15, 0.2) is 0 Å². The fourth-order valence-corrected chi connectivity index (χ4v) is 3.94. The molecule has 0 unspecified atom stereocenters. The summed E-state index contributed by atoms with van der Waals surface area (Å²) in [5, 5.41) is 11.4. The minimum absolute atomic E-state index is 0.0383. The molecule has 31 heavy (non-hydrogen) atoms. The Morgan fingerprint density at radius 1 is 1.10 bits per heavy atom. The van der Waals surface area contributed by atoms with Crippen LogP contribution in [0.2, 0.25) is 0 Å². The highest BCUT2D eigenvalue weighted by atomic mass is 32.2. The Morgan fingerprint density at radius 3 is 2.35 bits per heavy atom. The van der Waals surface area contributed by atoms with Crippen LogP contribution in [0, 0.1) is 5.82 Å². The summed E-state index contributed by atoms with van der Waals surface area (Å²) in [5.74, 6) is -2.20. The van der Waals surface area contributed by atoms with Gasteiger partial charge in [0, 0.05) is 24.6 Å². The molecule has 3 rings (SSSR count). The summed E-state index contributed by atoms with van der Waals surface area (Å²) >= 11 is 0. The largest absolute Gasteiger partial charge is 0.481 e. The molecule has 0 aliphatic heterocycles. The van der Waals surface area contributed by atoms with Crippen molar-refractivity contribution in [3.8, 4) is 0 Å². The van der Waals surface area contributed by atoms with Crippen molar-refractivity contribution in [3.05, 3.63) is 78.6 Å². The van der Waals surface area contributed by atoms with Crippen molar-refractivity contribution in [2.24, 2.45) is 0 Å². The lowest BCUT2D eigenvalue weighted by atomic mass is 10.1. The first kappa shape index (κ1) is 22.1. The van der Waals surface area contributed by atoms with Crippen LogP contribution in [0.5, 0.6) is 0 Å². The summed E-state index contributed by atoms with van der Waals surface area (Å²) in [6, 6.07) is 9.18. The average molecular weight is 446 g/mol. The van der Waals surface area contributed by atoms with Crippen molar-refractivity contribution < 1.29 is 27.5 Å². The fourth-order valence-electron chi connectivity index (χ4n) is 2.76. The molecule has 0 saturated carbocycles. The van der Waals surface area contributed by atoms with Gasteiger partial charge in [-0.05, 0) is 42.0 Å². The molecule has 0 bridgehead atoms. The summed E-state index contributed by atoms with van der Waals surface area (Å²) in [7, 11) is -4.11. The van der Waals surface area contributed by atoms with Crippen molar-refractivity contribution >= 4 is 27.6 Å². The van der Waals surface area contributed by atoms with Crippen molar-refractivity contribution in [3.63, 3.8) is 0 Å².